The van der Waals surface area contributed by atoms with Crippen molar-refractivity contribution < 1.29 is 23.9 Å². The van der Waals surface area contributed by atoms with E-state index in [-0.39, 0.29) is 12.6 Å². The van der Waals surface area contributed by atoms with E-state index >= 15 is 0 Å². The molecule has 38 heavy (non-hydrogen) atoms. The number of carbonyl (C=O) groups excluding carboxylic acids is 3. The minimum Gasteiger partial charge on any atom is -0.497 e. The van der Waals surface area contributed by atoms with Crippen LogP contribution in [0, 0.1) is 0 Å². The fraction of sp³-hybridized carbons (Fsp3) is 0.444. The zero-order chi connectivity index (χ0) is 26.8. The van der Waals surface area contributed by atoms with Crippen LogP contribution in [0.4, 0.5) is 0 Å². The molecule has 0 radical (unpaired) electrons. The van der Waals surface area contributed by atoms with Gasteiger partial charge in [-0.1, -0.05) is 13.3 Å². The summed E-state index contributed by atoms with van der Waals surface area (Å²) in [6.07, 6.45) is 6.18. The second-order valence-corrected chi connectivity index (χ2v) is 9.82. The number of hydrogen-bond donors (Lipinski definition) is 2. The molecule has 2 aromatic heterocycles. The number of primary amides is 1. The first-order valence-corrected chi connectivity index (χ1v) is 12.9. The highest BCUT2D eigenvalue weighted by molar-refractivity contribution is 6.38. The van der Waals surface area contributed by atoms with Crippen LogP contribution >= 0.6 is 0 Å². The van der Waals surface area contributed by atoms with Crippen molar-refractivity contribution in [3.63, 3.8) is 0 Å². The lowest BCUT2D eigenvalue weighted by atomic mass is 10.0. The van der Waals surface area contributed by atoms with Gasteiger partial charge in [0.1, 0.15) is 17.6 Å². The number of benzene rings is 1. The highest BCUT2D eigenvalue weighted by atomic mass is 16.5. The standard InChI is InChI=1S/C27H32N6O5/c1-3-5-21(25(34)27(36)30-16-6-7-16)32-15-18(13-22(32)26(28)35)38-23-14-24(33-11-4-10-29-33)31-20-12-17(37-2)8-9-19(20)23/h4,8-12,14,16,18,21-22H,3,5-7,13,15H2,1-2H3,(H2,28,35)(H,30,36)/t18?,21-,22?/m0/s1. The molecule has 0 spiro atoms. The molecule has 2 unspecified atom stereocenters. The molecule has 3 heterocycles. The number of fused-ring (bicyclic) bond motifs is 1. The lowest BCUT2D eigenvalue weighted by Gasteiger charge is -2.29. The fourth-order valence-electron chi connectivity index (χ4n) is 4.98. The first-order valence-electron chi connectivity index (χ1n) is 12.9. The number of pyridine rings is 1. The van der Waals surface area contributed by atoms with Crippen LogP contribution in [0.2, 0.25) is 0 Å². The second-order valence-electron chi connectivity index (χ2n) is 9.82. The van der Waals surface area contributed by atoms with Crippen LogP contribution in [0.5, 0.6) is 11.5 Å². The molecule has 1 aliphatic carbocycles. The lowest BCUT2D eigenvalue weighted by molar-refractivity contribution is -0.142. The highest BCUT2D eigenvalue weighted by Crippen LogP contribution is 2.33. The molecule has 3 aromatic rings. The Hall–Kier alpha value is -3.99. The van der Waals surface area contributed by atoms with Crippen molar-refractivity contribution in [2.24, 2.45) is 5.73 Å². The van der Waals surface area contributed by atoms with E-state index in [1.807, 2.05) is 25.1 Å². The number of hydrogen-bond acceptors (Lipinski definition) is 8. The summed E-state index contributed by atoms with van der Waals surface area (Å²) in [5.41, 5.74) is 6.43. The molecule has 3 N–H and O–H groups in total. The summed E-state index contributed by atoms with van der Waals surface area (Å²) in [6, 6.07) is 7.69. The van der Waals surface area contributed by atoms with Gasteiger partial charge in [-0.2, -0.15) is 5.10 Å². The van der Waals surface area contributed by atoms with Gasteiger partial charge in [0.2, 0.25) is 11.7 Å². The number of rotatable bonds is 11. The Labute approximate surface area is 220 Å². The molecule has 5 rings (SSSR count). The monoisotopic (exact) mass is 520 g/mol. The molecule has 200 valence electrons. The zero-order valence-corrected chi connectivity index (χ0v) is 21.5. The number of likely N-dealkylation sites (tertiary alicyclic amines) is 1. The summed E-state index contributed by atoms with van der Waals surface area (Å²) in [5, 5.41) is 7.82. The Morgan fingerprint density at radius 2 is 2.05 bits per heavy atom. The van der Waals surface area contributed by atoms with Gasteiger partial charge in [0, 0.05) is 48.9 Å². The molecule has 11 nitrogen and oxygen atoms in total. The van der Waals surface area contributed by atoms with Crippen LogP contribution in [-0.4, -0.2) is 75.1 Å². The number of aromatic nitrogens is 3. The molecular weight excluding hydrogens is 488 g/mol. The van der Waals surface area contributed by atoms with E-state index in [1.165, 1.54) is 0 Å². The number of amides is 2. The maximum absolute atomic E-state index is 13.2. The van der Waals surface area contributed by atoms with Gasteiger partial charge in [-0.3, -0.25) is 19.3 Å². The third kappa shape index (κ3) is 5.33. The summed E-state index contributed by atoms with van der Waals surface area (Å²) in [5.74, 6) is 0.0874. The van der Waals surface area contributed by atoms with Crippen molar-refractivity contribution in [1.29, 1.82) is 0 Å². The number of nitrogens with two attached hydrogens (primary N) is 1. The Kier molecular flexibility index (Phi) is 7.28. The molecule has 1 saturated carbocycles. The minimum absolute atomic E-state index is 0.0675. The smallest absolute Gasteiger partial charge is 0.289 e. The predicted molar refractivity (Wildman–Crippen MR) is 139 cm³/mol. The second kappa shape index (κ2) is 10.8. The van der Waals surface area contributed by atoms with Gasteiger partial charge in [0.15, 0.2) is 5.82 Å². The minimum atomic E-state index is -0.747. The van der Waals surface area contributed by atoms with Gasteiger partial charge in [0.25, 0.3) is 5.91 Å². The zero-order valence-electron chi connectivity index (χ0n) is 21.5. The summed E-state index contributed by atoms with van der Waals surface area (Å²) < 4.78 is 13.5. The number of carbonyl (C=O) groups is 3. The molecule has 2 aliphatic rings. The SMILES string of the molecule is CCC[C@@H](C(=O)C(=O)NC1CC1)N1CC(Oc2cc(-n3cccn3)nc3cc(OC)ccc23)CC1C(N)=O. The molecule has 2 amide bonds. The average Bonchev–Trinajstić information content (AvgIpc) is 3.37. The number of ether oxygens (including phenoxy) is 2. The van der Waals surface area contributed by atoms with E-state index < -0.39 is 35.8 Å². The topological polar surface area (TPSA) is 142 Å². The largest absolute Gasteiger partial charge is 0.497 e. The third-order valence-corrected chi connectivity index (χ3v) is 7.03. The number of nitrogens with one attached hydrogen (secondary N) is 1. The van der Waals surface area contributed by atoms with Crippen molar-refractivity contribution in [2.45, 2.75) is 63.3 Å². The number of nitrogens with zero attached hydrogens (tertiary/aromatic N) is 4. The maximum Gasteiger partial charge on any atom is 0.289 e. The van der Waals surface area contributed by atoms with Crippen molar-refractivity contribution in [2.75, 3.05) is 13.7 Å². The number of methoxy groups -OCH3 is 1. The van der Waals surface area contributed by atoms with E-state index in [2.05, 4.69) is 10.4 Å². The first kappa shape index (κ1) is 25.7. The first-order chi connectivity index (χ1) is 18.4. The number of ketones is 1. The van der Waals surface area contributed by atoms with Crippen molar-refractivity contribution >= 4 is 28.5 Å². The van der Waals surface area contributed by atoms with Crippen molar-refractivity contribution in [3.05, 3.63) is 42.7 Å². The maximum atomic E-state index is 13.2. The van der Waals surface area contributed by atoms with E-state index in [0.717, 1.165) is 18.2 Å². The molecule has 2 fully saturated rings. The van der Waals surface area contributed by atoms with E-state index in [9.17, 15) is 14.4 Å². The van der Waals surface area contributed by atoms with Crippen LogP contribution in [-0.2, 0) is 14.4 Å². The van der Waals surface area contributed by atoms with Gasteiger partial charge in [0.05, 0.1) is 24.7 Å². The molecule has 11 heteroatoms. The van der Waals surface area contributed by atoms with Crippen LogP contribution in [0.1, 0.15) is 39.0 Å². The molecule has 1 aliphatic heterocycles. The van der Waals surface area contributed by atoms with Crippen molar-refractivity contribution in [1.82, 2.24) is 25.0 Å². The lowest BCUT2D eigenvalue weighted by Crippen LogP contribution is -2.53. The quantitative estimate of drug-likeness (QED) is 0.364. The van der Waals surface area contributed by atoms with Crippen molar-refractivity contribution in [3.8, 4) is 17.3 Å². The van der Waals surface area contributed by atoms with Crippen LogP contribution in [0.15, 0.2) is 42.7 Å². The molecule has 1 saturated heterocycles. The van der Waals surface area contributed by atoms with Crippen LogP contribution in [0.3, 0.4) is 0 Å². The molecule has 1 aromatic carbocycles. The predicted octanol–water partition coefficient (Wildman–Crippen LogP) is 1.75. The normalized spacial score (nSPS) is 20.3. The average molecular weight is 521 g/mol. The highest BCUT2D eigenvalue weighted by Gasteiger charge is 2.44. The molecule has 3 atom stereocenters. The summed E-state index contributed by atoms with van der Waals surface area (Å²) in [7, 11) is 1.59. The Bertz CT molecular complexity index is 1340. The van der Waals surface area contributed by atoms with E-state index in [4.69, 9.17) is 20.2 Å². The van der Waals surface area contributed by atoms with Gasteiger partial charge >= 0.3 is 0 Å². The van der Waals surface area contributed by atoms with Gasteiger partial charge in [-0.25, -0.2) is 9.67 Å². The Morgan fingerprint density at radius 3 is 2.71 bits per heavy atom. The Balaban J connectivity index is 1.44. The van der Waals surface area contributed by atoms with Crippen LogP contribution in [0.25, 0.3) is 16.7 Å². The molecular formula is C27H32N6O5. The van der Waals surface area contributed by atoms with Gasteiger partial charge in [-0.05, 0) is 37.5 Å². The van der Waals surface area contributed by atoms with E-state index in [1.54, 1.807) is 41.2 Å². The number of Topliss-reactive ketones (excluding diaryl/α,β-unsaturated/α-hetero) is 1. The fourth-order valence-corrected chi connectivity index (χ4v) is 4.98. The third-order valence-electron chi connectivity index (χ3n) is 7.03. The molecule has 0 bridgehead atoms. The summed E-state index contributed by atoms with van der Waals surface area (Å²) >= 11 is 0. The van der Waals surface area contributed by atoms with Crippen LogP contribution < -0.4 is 20.5 Å². The van der Waals surface area contributed by atoms with E-state index in [0.29, 0.717) is 42.1 Å². The Morgan fingerprint density at radius 1 is 1.24 bits per heavy atom. The summed E-state index contributed by atoms with van der Waals surface area (Å²) in [6.45, 7) is 2.22. The van der Waals surface area contributed by atoms with Gasteiger partial charge < -0.3 is 20.5 Å². The summed E-state index contributed by atoms with van der Waals surface area (Å²) in [4.78, 5) is 44.7. The van der Waals surface area contributed by atoms with Gasteiger partial charge in [-0.15, -0.1) is 0 Å².